The number of nitrogens with zero attached hydrogens (tertiary/aromatic N) is 2. The molecule has 2 aromatic rings. The minimum atomic E-state index is 0. The molecule has 1 N–H and O–H groups in total. The first-order valence-corrected chi connectivity index (χ1v) is 7.54. The molecule has 20 heavy (non-hydrogen) atoms. The summed E-state index contributed by atoms with van der Waals surface area (Å²) >= 11 is 1.88. The maximum atomic E-state index is 4.39. The number of aromatic nitrogens is 2. The molecule has 0 atom stereocenters. The van der Waals surface area contributed by atoms with E-state index in [1.807, 2.05) is 30.0 Å². The first-order chi connectivity index (χ1) is 9.42. The van der Waals surface area contributed by atoms with E-state index in [1.165, 1.54) is 12.8 Å². The molecule has 106 valence electrons. The molecule has 0 unspecified atom stereocenters. The molecule has 0 radical (unpaired) electrons. The van der Waals surface area contributed by atoms with Crippen LogP contribution in [0.5, 0.6) is 0 Å². The molecule has 1 fully saturated rings. The third kappa shape index (κ3) is 3.95. The quantitative estimate of drug-likeness (QED) is 0.882. The van der Waals surface area contributed by atoms with E-state index in [0.717, 1.165) is 29.4 Å². The average molecular weight is 308 g/mol. The van der Waals surface area contributed by atoms with E-state index in [0.29, 0.717) is 5.25 Å². The van der Waals surface area contributed by atoms with Crippen LogP contribution in [0.25, 0.3) is 11.3 Å². The van der Waals surface area contributed by atoms with Gasteiger partial charge in [-0.1, -0.05) is 30.3 Å². The van der Waals surface area contributed by atoms with E-state index in [2.05, 4.69) is 33.5 Å². The number of hydrogen-bond donors (Lipinski definition) is 1. The van der Waals surface area contributed by atoms with Crippen molar-refractivity contribution in [1.29, 1.82) is 0 Å². The number of hydrogen-bond acceptors (Lipinski definition) is 4. The summed E-state index contributed by atoms with van der Waals surface area (Å²) in [5.74, 6) is 0. The van der Waals surface area contributed by atoms with Crippen molar-refractivity contribution in [3.63, 3.8) is 0 Å². The second kappa shape index (κ2) is 7.62. The van der Waals surface area contributed by atoms with Gasteiger partial charge in [0.2, 0.25) is 0 Å². The van der Waals surface area contributed by atoms with Gasteiger partial charge in [-0.15, -0.1) is 24.2 Å². The average Bonchev–Trinajstić information content (AvgIpc) is 2.49. The van der Waals surface area contributed by atoms with Crippen molar-refractivity contribution in [2.24, 2.45) is 0 Å². The minimum Gasteiger partial charge on any atom is -0.317 e. The van der Waals surface area contributed by atoms with Crippen LogP contribution in [0, 0.1) is 0 Å². The molecule has 3 rings (SSSR count). The lowest BCUT2D eigenvalue weighted by Gasteiger charge is -2.21. The molecule has 0 aliphatic carbocycles. The first-order valence-electron chi connectivity index (χ1n) is 6.67. The summed E-state index contributed by atoms with van der Waals surface area (Å²) in [5, 5.41) is 5.16. The van der Waals surface area contributed by atoms with Gasteiger partial charge in [0, 0.05) is 10.8 Å². The van der Waals surface area contributed by atoms with Gasteiger partial charge in [-0.25, -0.2) is 9.97 Å². The first kappa shape index (κ1) is 15.3. The fourth-order valence-corrected chi connectivity index (χ4v) is 3.36. The zero-order valence-corrected chi connectivity index (χ0v) is 12.8. The van der Waals surface area contributed by atoms with Gasteiger partial charge in [0.25, 0.3) is 0 Å². The Morgan fingerprint density at radius 3 is 2.55 bits per heavy atom. The summed E-state index contributed by atoms with van der Waals surface area (Å²) in [7, 11) is 0. The summed E-state index contributed by atoms with van der Waals surface area (Å²) < 4.78 is 0. The van der Waals surface area contributed by atoms with E-state index in [-0.39, 0.29) is 12.4 Å². The minimum absolute atomic E-state index is 0. The maximum Gasteiger partial charge on any atom is 0.117 e. The van der Waals surface area contributed by atoms with Gasteiger partial charge in [0.1, 0.15) is 11.4 Å². The van der Waals surface area contributed by atoms with Crippen molar-refractivity contribution < 1.29 is 0 Å². The molecular weight excluding hydrogens is 290 g/mol. The summed E-state index contributed by atoms with van der Waals surface area (Å²) in [6, 6.07) is 12.4. The van der Waals surface area contributed by atoms with Crippen LogP contribution in [-0.4, -0.2) is 28.3 Å². The summed E-state index contributed by atoms with van der Waals surface area (Å²) in [6.45, 7) is 2.24. The Morgan fingerprint density at radius 2 is 1.80 bits per heavy atom. The molecule has 0 amide bonds. The van der Waals surface area contributed by atoms with Crippen molar-refractivity contribution in [3.05, 3.63) is 42.7 Å². The van der Waals surface area contributed by atoms with Crippen molar-refractivity contribution in [3.8, 4) is 11.3 Å². The number of benzene rings is 1. The summed E-state index contributed by atoms with van der Waals surface area (Å²) in [5.41, 5.74) is 2.16. The fourth-order valence-electron chi connectivity index (χ4n) is 2.25. The standard InChI is InChI=1S/C15H17N3S.ClH/c1-2-4-12(5-3-1)14-10-15(18-11-17-14)19-13-6-8-16-9-7-13;/h1-5,10-11,13,16H,6-9H2;1H. The number of thioether (sulfide) groups is 1. The molecule has 1 aliphatic heterocycles. The monoisotopic (exact) mass is 307 g/mol. The lowest BCUT2D eigenvalue weighted by molar-refractivity contribution is 0.531. The Kier molecular flexibility index (Phi) is 5.83. The van der Waals surface area contributed by atoms with E-state index in [1.54, 1.807) is 6.33 Å². The van der Waals surface area contributed by atoms with E-state index in [4.69, 9.17) is 0 Å². The van der Waals surface area contributed by atoms with Crippen molar-refractivity contribution >= 4 is 24.2 Å². The van der Waals surface area contributed by atoms with Gasteiger partial charge < -0.3 is 5.32 Å². The van der Waals surface area contributed by atoms with Gasteiger partial charge in [-0.3, -0.25) is 0 Å². The molecule has 1 aromatic carbocycles. The van der Waals surface area contributed by atoms with E-state index >= 15 is 0 Å². The zero-order valence-electron chi connectivity index (χ0n) is 11.2. The van der Waals surface area contributed by atoms with Crippen LogP contribution in [0.2, 0.25) is 0 Å². The Balaban J connectivity index is 0.00000147. The predicted molar refractivity (Wildman–Crippen MR) is 86.5 cm³/mol. The Labute approximate surface area is 130 Å². The number of rotatable bonds is 3. The lowest BCUT2D eigenvalue weighted by atomic mass is 10.1. The van der Waals surface area contributed by atoms with Gasteiger partial charge in [0.15, 0.2) is 0 Å². The fraction of sp³-hybridized carbons (Fsp3) is 0.333. The molecule has 2 heterocycles. The number of piperidine rings is 1. The molecule has 1 aromatic heterocycles. The highest BCUT2D eigenvalue weighted by atomic mass is 35.5. The predicted octanol–water partition coefficient (Wildman–Crippen LogP) is 3.41. The Morgan fingerprint density at radius 1 is 1.05 bits per heavy atom. The van der Waals surface area contributed by atoms with Crippen LogP contribution in [0.4, 0.5) is 0 Å². The Bertz CT molecular complexity index is 530. The Hall–Kier alpha value is -1.10. The summed E-state index contributed by atoms with van der Waals surface area (Å²) in [6.07, 6.45) is 4.11. The van der Waals surface area contributed by atoms with Crippen molar-refractivity contribution in [2.75, 3.05) is 13.1 Å². The van der Waals surface area contributed by atoms with E-state index in [9.17, 15) is 0 Å². The van der Waals surface area contributed by atoms with Crippen LogP contribution >= 0.6 is 24.2 Å². The smallest absolute Gasteiger partial charge is 0.117 e. The SMILES string of the molecule is Cl.c1ccc(-c2cc(SC3CCNCC3)ncn2)cc1. The van der Waals surface area contributed by atoms with Crippen LogP contribution in [0.3, 0.4) is 0 Å². The highest BCUT2D eigenvalue weighted by molar-refractivity contribution is 7.99. The van der Waals surface area contributed by atoms with Crippen LogP contribution in [-0.2, 0) is 0 Å². The van der Waals surface area contributed by atoms with Gasteiger partial charge in [-0.05, 0) is 32.0 Å². The molecule has 0 saturated carbocycles. The maximum absolute atomic E-state index is 4.39. The van der Waals surface area contributed by atoms with Crippen LogP contribution in [0.1, 0.15) is 12.8 Å². The van der Waals surface area contributed by atoms with Crippen LogP contribution in [0.15, 0.2) is 47.8 Å². The van der Waals surface area contributed by atoms with Crippen molar-refractivity contribution in [2.45, 2.75) is 23.1 Å². The molecule has 0 bridgehead atoms. The molecule has 5 heteroatoms. The molecule has 3 nitrogen and oxygen atoms in total. The van der Waals surface area contributed by atoms with Crippen molar-refractivity contribution in [1.82, 2.24) is 15.3 Å². The molecule has 0 spiro atoms. The summed E-state index contributed by atoms with van der Waals surface area (Å²) in [4.78, 5) is 8.76. The molecule has 1 saturated heterocycles. The third-order valence-corrected chi connectivity index (χ3v) is 4.55. The van der Waals surface area contributed by atoms with Crippen LogP contribution < -0.4 is 5.32 Å². The molecular formula is C15H18ClN3S. The highest BCUT2D eigenvalue weighted by Gasteiger charge is 2.15. The highest BCUT2D eigenvalue weighted by Crippen LogP contribution is 2.29. The normalized spacial score (nSPS) is 15.6. The second-order valence-electron chi connectivity index (χ2n) is 4.67. The van der Waals surface area contributed by atoms with E-state index < -0.39 is 0 Å². The van der Waals surface area contributed by atoms with Gasteiger partial charge >= 0.3 is 0 Å². The zero-order chi connectivity index (χ0) is 12.9. The lowest BCUT2D eigenvalue weighted by Crippen LogP contribution is -2.29. The van der Waals surface area contributed by atoms with Gasteiger partial charge in [0.05, 0.1) is 5.69 Å². The topological polar surface area (TPSA) is 37.8 Å². The largest absolute Gasteiger partial charge is 0.317 e. The molecule has 1 aliphatic rings. The number of halogens is 1. The third-order valence-electron chi connectivity index (χ3n) is 3.29. The number of nitrogens with one attached hydrogen (secondary N) is 1. The second-order valence-corrected chi connectivity index (χ2v) is 6.00. The van der Waals surface area contributed by atoms with Gasteiger partial charge in [-0.2, -0.15) is 0 Å².